The molecule has 1 saturated carbocycles. The van der Waals surface area contributed by atoms with Gasteiger partial charge in [-0.2, -0.15) is 0 Å². The van der Waals surface area contributed by atoms with Gasteiger partial charge in [-0.15, -0.1) is 5.92 Å². The van der Waals surface area contributed by atoms with Crippen LogP contribution in [0.5, 0.6) is 5.75 Å². The lowest BCUT2D eigenvalue weighted by Crippen LogP contribution is -2.20. The lowest BCUT2D eigenvalue weighted by molar-refractivity contribution is 0.304. The molecule has 0 spiro atoms. The van der Waals surface area contributed by atoms with Gasteiger partial charge in [0.05, 0.1) is 12.6 Å². The molecule has 3 nitrogen and oxygen atoms in total. The first kappa shape index (κ1) is 22.9. The summed E-state index contributed by atoms with van der Waals surface area (Å²) in [5.41, 5.74) is 10.9. The van der Waals surface area contributed by atoms with Crippen molar-refractivity contribution in [2.75, 3.05) is 6.61 Å². The van der Waals surface area contributed by atoms with E-state index in [0.29, 0.717) is 6.61 Å². The first-order chi connectivity index (χ1) is 16.1. The molecule has 1 aliphatic carbocycles. The van der Waals surface area contributed by atoms with Gasteiger partial charge in [-0.05, 0) is 79.1 Å². The maximum absolute atomic E-state index is 6.07. The van der Waals surface area contributed by atoms with E-state index in [1.807, 2.05) is 67.7 Å². The van der Waals surface area contributed by atoms with E-state index in [0.717, 1.165) is 57.5 Å². The van der Waals surface area contributed by atoms with Crippen molar-refractivity contribution in [3.8, 4) is 40.6 Å². The molecular formula is C29H27ClN2O. The lowest BCUT2D eigenvalue weighted by Gasteiger charge is -2.10. The molecule has 1 unspecified atom stereocenters. The van der Waals surface area contributed by atoms with Gasteiger partial charge in [0.2, 0.25) is 0 Å². The molecule has 1 heterocycles. The summed E-state index contributed by atoms with van der Waals surface area (Å²) in [6.45, 7) is 2.57. The van der Waals surface area contributed by atoms with Gasteiger partial charge >= 0.3 is 0 Å². The van der Waals surface area contributed by atoms with Gasteiger partial charge in [0.25, 0.3) is 0 Å². The predicted octanol–water partition coefficient (Wildman–Crippen LogP) is 6.01. The average Bonchev–Trinajstić information content (AvgIpc) is 3.64. The van der Waals surface area contributed by atoms with Crippen molar-refractivity contribution in [3.63, 3.8) is 0 Å². The van der Waals surface area contributed by atoms with Crippen molar-refractivity contribution >= 4 is 11.6 Å². The molecule has 4 rings (SSSR count). The van der Waals surface area contributed by atoms with Crippen molar-refractivity contribution < 1.29 is 4.74 Å². The van der Waals surface area contributed by atoms with Crippen molar-refractivity contribution in [2.45, 2.75) is 38.6 Å². The van der Waals surface area contributed by atoms with E-state index in [4.69, 9.17) is 22.1 Å². The molecule has 2 N–H and O–H groups in total. The molecule has 2 aromatic carbocycles. The number of pyridine rings is 1. The fourth-order valence-electron chi connectivity index (χ4n) is 3.33. The van der Waals surface area contributed by atoms with Crippen LogP contribution in [0.25, 0.3) is 11.1 Å². The first-order valence-electron chi connectivity index (χ1n) is 11.3. The fraction of sp³-hybridized carbons (Fsp3) is 0.276. The molecule has 1 aromatic heterocycles. The van der Waals surface area contributed by atoms with E-state index in [1.165, 1.54) is 12.8 Å². The molecule has 4 heteroatoms. The topological polar surface area (TPSA) is 48.1 Å². The number of hydrogen-bond donors (Lipinski definition) is 1. The van der Waals surface area contributed by atoms with Crippen LogP contribution in [0.2, 0.25) is 5.02 Å². The highest BCUT2D eigenvalue weighted by Gasteiger charge is 2.19. The summed E-state index contributed by atoms with van der Waals surface area (Å²) in [5.74, 6) is 14.3. The second kappa shape index (κ2) is 11.1. The Kier molecular flexibility index (Phi) is 7.69. The number of rotatable bonds is 6. The second-order valence-electron chi connectivity index (χ2n) is 8.38. The summed E-state index contributed by atoms with van der Waals surface area (Å²) >= 11 is 5.96. The van der Waals surface area contributed by atoms with Crippen molar-refractivity contribution in [1.29, 1.82) is 0 Å². The number of aryl methyl sites for hydroxylation is 1. The van der Waals surface area contributed by atoms with Crippen LogP contribution in [0.15, 0.2) is 60.8 Å². The predicted molar refractivity (Wildman–Crippen MR) is 135 cm³/mol. The average molecular weight is 455 g/mol. The minimum absolute atomic E-state index is 0.132. The summed E-state index contributed by atoms with van der Waals surface area (Å²) in [7, 11) is 0. The molecular weight excluding hydrogens is 428 g/mol. The quantitative estimate of drug-likeness (QED) is 0.464. The highest BCUT2D eigenvalue weighted by molar-refractivity contribution is 6.30. The number of halogens is 1. The van der Waals surface area contributed by atoms with Gasteiger partial charge in [0, 0.05) is 35.2 Å². The van der Waals surface area contributed by atoms with Crippen LogP contribution < -0.4 is 10.5 Å². The molecule has 0 bridgehead atoms. The van der Waals surface area contributed by atoms with Crippen LogP contribution in [0.3, 0.4) is 0 Å². The zero-order valence-electron chi connectivity index (χ0n) is 18.8. The van der Waals surface area contributed by atoms with E-state index >= 15 is 0 Å². The zero-order chi connectivity index (χ0) is 23.0. The number of ether oxygens (including phenoxy) is 1. The summed E-state index contributed by atoms with van der Waals surface area (Å²) in [5, 5.41) is 0.720. The third-order valence-corrected chi connectivity index (χ3v) is 5.76. The van der Waals surface area contributed by atoms with Crippen LogP contribution in [0.1, 0.15) is 42.5 Å². The Bertz CT molecular complexity index is 1210. The maximum atomic E-state index is 6.07. The standard InChI is InChI=1S/C29H27ClN2O/c1-21-19-23(8-16-29(21)33-18-17-27(31)4-2-3-22-5-6-22)7-14-28-15-11-25(20-32-28)24-9-12-26(30)13-10-24/h8-13,15-16,19-20,22,27H,3,5-6,17-18,31H2,1H3. The molecule has 0 amide bonds. The highest BCUT2D eigenvalue weighted by atomic mass is 35.5. The van der Waals surface area contributed by atoms with Crippen molar-refractivity contribution in [2.24, 2.45) is 11.7 Å². The number of aromatic nitrogens is 1. The van der Waals surface area contributed by atoms with E-state index in [2.05, 4.69) is 28.7 Å². The minimum atomic E-state index is -0.132. The monoisotopic (exact) mass is 454 g/mol. The minimum Gasteiger partial charge on any atom is -0.493 e. The summed E-state index contributed by atoms with van der Waals surface area (Å²) in [4.78, 5) is 4.47. The van der Waals surface area contributed by atoms with Gasteiger partial charge < -0.3 is 10.5 Å². The van der Waals surface area contributed by atoms with Crippen LogP contribution in [0, 0.1) is 36.5 Å². The van der Waals surface area contributed by atoms with Gasteiger partial charge in [-0.25, -0.2) is 4.98 Å². The Morgan fingerprint density at radius 1 is 1.06 bits per heavy atom. The Balaban J connectivity index is 1.30. The molecule has 1 atom stereocenters. The molecule has 33 heavy (non-hydrogen) atoms. The summed E-state index contributed by atoms with van der Waals surface area (Å²) < 4.78 is 5.91. The Hall–Kier alpha value is -3.24. The van der Waals surface area contributed by atoms with E-state index < -0.39 is 0 Å². The maximum Gasteiger partial charge on any atom is 0.122 e. The molecule has 0 aliphatic heterocycles. The number of hydrogen-bond acceptors (Lipinski definition) is 3. The molecule has 1 aliphatic rings. The fourth-order valence-corrected chi connectivity index (χ4v) is 3.46. The van der Waals surface area contributed by atoms with Gasteiger partial charge in [-0.1, -0.05) is 41.6 Å². The number of nitrogens with zero attached hydrogens (tertiary/aromatic N) is 1. The zero-order valence-corrected chi connectivity index (χ0v) is 19.5. The normalized spacial score (nSPS) is 13.3. The Morgan fingerprint density at radius 2 is 1.85 bits per heavy atom. The molecule has 0 saturated heterocycles. The van der Waals surface area contributed by atoms with E-state index in [-0.39, 0.29) is 6.04 Å². The third-order valence-electron chi connectivity index (χ3n) is 5.51. The van der Waals surface area contributed by atoms with Crippen molar-refractivity contribution in [3.05, 3.63) is 82.6 Å². The van der Waals surface area contributed by atoms with E-state index in [9.17, 15) is 0 Å². The molecule has 3 aromatic rings. The van der Waals surface area contributed by atoms with Gasteiger partial charge in [0.15, 0.2) is 0 Å². The second-order valence-corrected chi connectivity index (χ2v) is 8.82. The Morgan fingerprint density at radius 3 is 2.55 bits per heavy atom. The van der Waals surface area contributed by atoms with Crippen molar-refractivity contribution in [1.82, 2.24) is 4.98 Å². The number of benzene rings is 2. The molecule has 166 valence electrons. The smallest absolute Gasteiger partial charge is 0.122 e. The van der Waals surface area contributed by atoms with Crippen LogP contribution in [-0.2, 0) is 0 Å². The molecule has 1 fully saturated rings. The van der Waals surface area contributed by atoms with Crippen LogP contribution in [-0.4, -0.2) is 17.6 Å². The first-order valence-corrected chi connectivity index (χ1v) is 11.7. The summed E-state index contributed by atoms with van der Waals surface area (Å²) in [6.07, 6.45) is 6.17. The van der Waals surface area contributed by atoms with Crippen LogP contribution >= 0.6 is 11.6 Å². The van der Waals surface area contributed by atoms with Crippen LogP contribution in [0.4, 0.5) is 0 Å². The number of nitrogens with two attached hydrogens (primary N) is 1. The van der Waals surface area contributed by atoms with Gasteiger partial charge in [0.1, 0.15) is 11.4 Å². The van der Waals surface area contributed by atoms with Gasteiger partial charge in [-0.3, -0.25) is 0 Å². The Labute approximate surface area is 201 Å². The lowest BCUT2D eigenvalue weighted by atomic mass is 10.1. The van der Waals surface area contributed by atoms with E-state index in [1.54, 1.807) is 0 Å². The SMILES string of the molecule is Cc1cc(C#Cc2ccc(-c3ccc(Cl)cc3)cn2)ccc1OCCC(N)C#CCC1CC1. The highest BCUT2D eigenvalue weighted by Crippen LogP contribution is 2.31. The summed E-state index contributed by atoms with van der Waals surface area (Å²) in [6, 6.07) is 17.5. The molecule has 0 radical (unpaired) electrons. The third kappa shape index (κ3) is 7.13. The largest absolute Gasteiger partial charge is 0.493 e.